The van der Waals surface area contributed by atoms with E-state index >= 15 is 0 Å². The standard InChI is InChI=1S/C12H13ClF2N2O3/c1-6(5-18)4-16-11(19)12(20)17-10-8(14)2-7(13)3-9(10)15/h2-3,6,18H,4-5H2,1H3,(H,16,19)(H,17,20). The van der Waals surface area contributed by atoms with Gasteiger partial charge in [-0.1, -0.05) is 18.5 Å². The van der Waals surface area contributed by atoms with Gasteiger partial charge < -0.3 is 15.7 Å². The van der Waals surface area contributed by atoms with E-state index in [9.17, 15) is 18.4 Å². The molecule has 8 heteroatoms. The van der Waals surface area contributed by atoms with Gasteiger partial charge in [-0.2, -0.15) is 0 Å². The quantitative estimate of drug-likeness (QED) is 0.734. The number of benzene rings is 1. The molecule has 0 spiro atoms. The summed E-state index contributed by atoms with van der Waals surface area (Å²) in [6, 6.07) is 1.62. The Hall–Kier alpha value is -1.73. The second kappa shape index (κ2) is 7.16. The molecule has 1 unspecified atom stereocenters. The first kappa shape index (κ1) is 16.3. The van der Waals surface area contributed by atoms with E-state index in [-0.39, 0.29) is 24.1 Å². The predicted octanol–water partition coefficient (Wildman–Crippen LogP) is 1.30. The summed E-state index contributed by atoms with van der Waals surface area (Å²) >= 11 is 5.43. The number of aliphatic hydroxyl groups excluding tert-OH is 1. The van der Waals surface area contributed by atoms with Crippen LogP contribution in [0.5, 0.6) is 0 Å². The minimum atomic E-state index is -1.21. The molecule has 0 heterocycles. The molecule has 5 nitrogen and oxygen atoms in total. The number of amides is 2. The van der Waals surface area contributed by atoms with E-state index in [1.54, 1.807) is 6.92 Å². The molecule has 1 atom stereocenters. The second-order valence-electron chi connectivity index (χ2n) is 4.20. The molecule has 3 N–H and O–H groups in total. The number of aliphatic hydroxyl groups is 1. The van der Waals surface area contributed by atoms with Crippen LogP contribution in [0.1, 0.15) is 6.92 Å². The summed E-state index contributed by atoms with van der Waals surface area (Å²) in [6.45, 7) is 1.55. The summed E-state index contributed by atoms with van der Waals surface area (Å²) in [6.07, 6.45) is 0. The predicted molar refractivity (Wildman–Crippen MR) is 69.3 cm³/mol. The molecule has 1 rings (SSSR count). The Kier molecular flexibility index (Phi) is 5.84. The molecule has 20 heavy (non-hydrogen) atoms. The SMILES string of the molecule is CC(CO)CNC(=O)C(=O)Nc1c(F)cc(Cl)cc1F. The molecule has 0 aliphatic rings. The van der Waals surface area contributed by atoms with Crippen LogP contribution in [-0.2, 0) is 9.59 Å². The highest BCUT2D eigenvalue weighted by Gasteiger charge is 2.19. The molecule has 0 aliphatic heterocycles. The van der Waals surface area contributed by atoms with E-state index in [0.29, 0.717) is 0 Å². The highest BCUT2D eigenvalue weighted by Crippen LogP contribution is 2.23. The van der Waals surface area contributed by atoms with E-state index in [2.05, 4.69) is 5.32 Å². The van der Waals surface area contributed by atoms with Crippen LogP contribution in [-0.4, -0.2) is 30.1 Å². The highest BCUT2D eigenvalue weighted by atomic mass is 35.5. The van der Waals surface area contributed by atoms with Gasteiger partial charge in [0, 0.05) is 18.2 Å². The zero-order valence-electron chi connectivity index (χ0n) is 10.5. The van der Waals surface area contributed by atoms with Gasteiger partial charge in [-0.3, -0.25) is 9.59 Å². The van der Waals surface area contributed by atoms with Crippen molar-refractivity contribution in [1.82, 2.24) is 5.32 Å². The third-order valence-corrected chi connectivity index (χ3v) is 2.59. The number of anilines is 1. The molecule has 2 amide bonds. The van der Waals surface area contributed by atoms with E-state index in [1.165, 1.54) is 0 Å². The van der Waals surface area contributed by atoms with E-state index in [4.69, 9.17) is 16.7 Å². The summed E-state index contributed by atoms with van der Waals surface area (Å²) in [7, 11) is 0. The van der Waals surface area contributed by atoms with Crippen molar-refractivity contribution in [2.24, 2.45) is 5.92 Å². The van der Waals surface area contributed by atoms with Crippen molar-refractivity contribution >= 4 is 29.1 Å². The van der Waals surface area contributed by atoms with Gasteiger partial charge in [0.15, 0.2) is 11.6 Å². The molecule has 0 bridgehead atoms. The zero-order valence-corrected chi connectivity index (χ0v) is 11.3. The molecule has 0 aliphatic carbocycles. The van der Waals surface area contributed by atoms with Crippen LogP contribution in [0.15, 0.2) is 12.1 Å². The lowest BCUT2D eigenvalue weighted by molar-refractivity contribution is -0.136. The molecule has 0 radical (unpaired) electrons. The van der Waals surface area contributed by atoms with Crippen LogP contribution in [0.4, 0.5) is 14.5 Å². The lowest BCUT2D eigenvalue weighted by atomic mass is 10.2. The topological polar surface area (TPSA) is 78.4 Å². The Morgan fingerprint density at radius 1 is 1.30 bits per heavy atom. The molecule has 1 aromatic rings. The average Bonchev–Trinajstić information content (AvgIpc) is 2.39. The third kappa shape index (κ3) is 4.43. The number of rotatable bonds is 4. The summed E-state index contributed by atoms with van der Waals surface area (Å²) in [5, 5.41) is 12.6. The maximum atomic E-state index is 13.4. The Morgan fingerprint density at radius 3 is 2.35 bits per heavy atom. The fraction of sp³-hybridized carbons (Fsp3) is 0.333. The summed E-state index contributed by atoms with van der Waals surface area (Å²) in [4.78, 5) is 22.8. The molecule has 0 saturated carbocycles. The van der Waals surface area contributed by atoms with Crippen molar-refractivity contribution in [2.45, 2.75) is 6.92 Å². The Bertz CT molecular complexity index is 502. The van der Waals surface area contributed by atoms with Crippen LogP contribution in [0, 0.1) is 17.6 Å². The number of hydrogen-bond acceptors (Lipinski definition) is 3. The molecule has 0 fully saturated rings. The average molecular weight is 307 g/mol. The lowest BCUT2D eigenvalue weighted by Crippen LogP contribution is -2.38. The van der Waals surface area contributed by atoms with Gasteiger partial charge in [0.2, 0.25) is 0 Å². The zero-order chi connectivity index (χ0) is 15.3. The van der Waals surface area contributed by atoms with Crippen LogP contribution in [0.2, 0.25) is 5.02 Å². The van der Waals surface area contributed by atoms with E-state index in [0.717, 1.165) is 12.1 Å². The number of carbonyl (C=O) groups is 2. The van der Waals surface area contributed by atoms with Crippen LogP contribution >= 0.6 is 11.6 Å². The number of nitrogens with one attached hydrogen (secondary N) is 2. The second-order valence-corrected chi connectivity index (χ2v) is 4.63. The fourth-order valence-electron chi connectivity index (χ4n) is 1.24. The molecule has 0 aromatic heterocycles. The number of carbonyl (C=O) groups excluding carboxylic acids is 2. The van der Waals surface area contributed by atoms with Gasteiger partial charge in [-0.25, -0.2) is 8.78 Å². The monoisotopic (exact) mass is 306 g/mol. The minimum Gasteiger partial charge on any atom is -0.396 e. The van der Waals surface area contributed by atoms with Gasteiger partial charge in [-0.15, -0.1) is 0 Å². The van der Waals surface area contributed by atoms with Gasteiger partial charge in [0.1, 0.15) is 5.69 Å². The first-order valence-corrected chi connectivity index (χ1v) is 6.07. The molecule has 0 saturated heterocycles. The number of halogens is 3. The van der Waals surface area contributed by atoms with Crippen molar-refractivity contribution in [3.63, 3.8) is 0 Å². The third-order valence-electron chi connectivity index (χ3n) is 2.37. The van der Waals surface area contributed by atoms with Crippen LogP contribution < -0.4 is 10.6 Å². The molecule has 110 valence electrons. The fourth-order valence-corrected chi connectivity index (χ4v) is 1.44. The van der Waals surface area contributed by atoms with Crippen LogP contribution in [0.25, 0.3) is 0 Å². The Morgan fingerprint density at radius 2 is 1.85 bits per heavy atom. The summed E-state index contributed by atoms with van der Waals surface area (Å²) < 4.78 is 26.8. The number of hydrogen-bond donors (Lipinski definition) is 3. The minimum absolute atomic E-state index is 0.0638. The van der Waals surface area contributed by atoms with Gasteiger partial charge >= 0.3 is 11.8 Å². The van der Waals surface area contributed by atoms with Crippen molar-refractivity contribution < 1.29 is 23.5 Å². The van der Waals surface area contributed by atoms with E-state index < -0.39 is 29.1 Å². The first-order valence-electron chi connectivity index (χ1n) is 5.69. The van der Waals surface area contributed by atoms with Gasteiger partial charge in [0.05, 0.1) is 0 Å². The smallest absolute Gasteiger partial charge is 0.313 e. The highest BCUT2D eigenvalue weighted by molar-refractivity contribution is 6.39. The van der Waals surface area contributed by atoms with Gasteiger partial charge in [-0.05, 0) is 18.1 Å². The Balaban J connectivity index is 2.69. The molecular weight excluding hydrogens is 294 g/mol. The summed E-state index contributed by atoms with van der Waals surface area (Å²) in [5.74, 6) is -4.68. The summed E-state index contributed by atoms with van der Waals surface area (Å²) in [5.41, 5.74) is -0.746. The van der Waals surface area contributed by atoms with Crippen LogP contribution in [0.3, 0.4) is 0 Å². The maximum Gasteiger partial charge on any atom is 0.313 e. The lowest BCUT2D eigenvalue weighted by Gasteiger charge is -2.10. The van der Waals surface area contributed by atoms with E-state index in [1.807, 2.05) is 5.32 Å². The van der Waals surface area contributed by atoms with Crippen molar-refractivity contribution in [2.75, 3.05) is 18.5 Å². The first-order chi connectivity index (χ1) is 9.35. The molecule has 1 aromatic carbocycles. The maximum absolute atomic E-state index is 13.4. The largest absolute Gasteiger partial charge is 0.396 e. The van der Waals surface area contributed by atoms with Crippen molar-refractivity contribution in [3.05, 3.63) is 28.8 Å². The van der Waals surface area contributed by atoms with Gasteiger partial charge in [0.25, 0.3) is 0 Å². The Labute approximate surface area is 118 Å². The molecular formula is C12H13ClF2N2O3. The van der Waals surface area contributed by atoms with Crippen molar-refractivity contribution in [1.29, 1.82) is 0 Å². The normalized spacial score (nSPS) is 11.8. The van der Waals surface area contributed by atoms with Crippen molar-refractivity contribution in [3.8, 4) is 0 Å².